The summed E-state index contributed by atoms with van der Waals surface area (Å²) >= 11 is 1.84. The molecule has 0 amide bonds. The van der Waals surface area contributed by atoms with Crippen LogP contribution in [0.1, 0.15) is 0 Å². The maximum absolute atomic E-state index is 5.09. The van der Waals surface area contributed by atoms with Crippen molar-refractivity contribution >= 4 is 31.5 Å². The molecule has 0 bridgehead atoms. The quantitative estimate of drug-likeness (QED) is 0.154. The Morgan fingerprint density at radius 1 is 0.230 bits per heavy atom. The van der Waals surface area contributed by atoms with Crippen molar-refractivity contribution in [3.63, 3.8) is 0 Å². The molecule has 11 aromatic rings. The maximum Gasteiger partial charge on any atom is 0.160 e. The van der Waals surface area contributed by atoms with Gasteiger partial charge in [-0.1, -0.05) is 176 Å². The third-order valence-corrected chi connectivity index (χ3v) is 12.2. The molecule has 0 aliphatic heterocycles. The number of nitrogens with zero attached hydrogens (tertiary/aromatic N) is 4. The molecule has 0 spiro atoms. The van der Waals surface area contributed by atoms with E-state index >= 15 is 0 Å². The molecule has 0 saturated heterocycles. The summed E-state index contributed by atoms with van der Waals surface area (Å²) in [4.78, 5) is 20.2. The Labute approximate surface area is 358 Å². The lowest BCUT2D eigenvalue weighted by Crippen LogP contribution is -1.96. The van der Waals surface area contributed by atoms with Gasteiger partial charge in [-0.2, -0.15) is 0 Å². The fourth-order valence-electron chi connectivity index (χ4n) is 7.99. The van der Waals surface area contributed by atoms with E-state index in [0.29, 0.717) is 11.6 Å². The van der Waals surface area contributed by atoms with Gasteiger partial charge >= 0.3 is 0 Å². The predicted octanol–water partition coefficient (Wildman–Crippen LogP) is 15.0. The number of benzene rings is 8. The van der Waals surface area contributed by atoms with Crippen LogP contribution >= 0.6 is 11.3 Å². The van der Waals surface area contributed by atoms with E-state index in [-0.39, 0.29) is 0 Å². The lowest BCUT2D eigenvalue weighted by molar-refractivity contribution is 1.18. The number of rotatable bonds is 8. The predicted molar refractivity (Wildman–Crippen MR) is 254 cm³/mol. The number of hydrogen-bond donors (Lipinski definition) is 0. The van der Waals surface area contributed by atoms with E-state index in [2.05, 4.69) is 146 Å². The highest BCUT2D eigenvalue weighted by molar-refractivity contribution is 7.25. The second-order valence-electron chi connectivity index (χ2n) is 15.1. The summed E-state index contributed by atoms with van der Waals surface area (Å²) in [5, 5.41) is 2.51. The minimum absolute atomic E-state index is 0.711. The van der Waals surface area contributed by atoms with Crippen molar-refractivity contribution in [3.05, 3.63) is 218 Å². The molecule has 4 nitrogen and oxygen atoms in total. The van der Waals surface area contributed by atoms with Crippen LogP contribution in [-0.2, 0) is 0 Å². The van der Waals surface area contributed by atoms with Gasteiger partial charge in [0.25, 0.3) is 0 Å². The zero-order valence-electron chi connectivity index (χ0n) is 33.0. The van der Waals surface area contributed by atoms with E-state index in [9.17, 15) is 0 Å². The second-order valence-corrected chi connectivity index (χ2v) is 16.2. The fraction of sp³-hybridized carbons (Fsp3) is 0. The van der Waals surface area contributed by atoms with Crippen molar-refractivity contribution in [2.24, 2.45) is 0 Å². The average molecular weight is 797 g/mol. The molecule has 0 fully saturated rings. The summed E-state index contributed by atoms with van der Waals surface area (Å²) in [6, 6.07) is 76.3. The van der Waals surface area contributed by atoms with Crippen molar-refractivity contribution in [2.45, 2.75) is 0 Å². The molecule has 0 radical (unpaired) electrons. The van der Waals surface area contributed by atoms with E-state index < -0.39 is 0 Å². The van der Waals surface area contributed by atoms with E-state index in [0.717, 1.165) is 67.3 Å². The van der Waals surface area contributed by atoms with Gasteiger partial charge in [-0.25, -0.2) is 19.9 Å². The van der Waals surface area contributed by atoms with Gasteiger partial charge in [-0.3, -0.25) is 0 Å². The van der Waals surface area contributed by atoms with E-state index in [1.807, 2.05) is 84.1 Å². The van der Waals surface area contributed by atoms with Crippen LogP contribution in [0.25, 0.3) is 110 Å². The fourth-order valence-corrected chi connectivity index (χ4v) is 9.11. The Hall–Kier alpha value is -7.86. The molecule has 11 rings (SSSR count). The largest absolute Gasteiger partial charge is 0.228 e. The summed E-state index contributed by atoms with van der Waals surface area (Å²) in [5.74, 6) is 1.42. The average Bonchev–Trinajstić information content (AvgIpc) is 3.72. The van der Waals surface area contributed by atoms with Crippen LogP contribution in [0.3, 0.4) is 0 Å². The van der Waals surface area contributed by atoms with Crippen LogP contribution in [-0.4, -0.2) is 19.9 Å². The number of fused-ring (bicyclic) bond motifs is 3. The van der Waals surface area contributed by atoms with Crippen LogP contribution in [0.4, 0.5) is 0 Å². The van der Waals surface area contributed by atoms with Crippen molar-refractivity contribution in [2.75, 3.05) is 0 Å². The molecule has 3 heterocycles. The third-order valence-electron chi connectivity index (χ3n) is 11.1. The van der Waals surface area contributed by atoms with Crippen molar-refractivity contribution in [1.82, 2.24) is 19.9 Å². The van der Waals surface area contributed by atoms with Gasteiger partial charge in [0.15, 0.2) is 11.6 Å². The lowest BCUT2D eigenvalue weighted by Gasteiger charge is -2.11. The molecule has 0 aliphatic carbocycles. The molecule has 5 heteroatoms. The van der Waals surface area contributed by atoms with Crippen molar-refractivity contribution in [3.8, 4) is 90.1 Å². The molecule has 0 unspecified atom stereocenters. The molecule has 8 aromatic carbocycles. The third kappa shape index (κ3) is 7.28. The Kier molecular flexibility index (Phi) is 9.34. The smallest absolute Gasteiger partial charge is 0.160 e. The van der Waals surface area contributed by atoms with Crippen LogP contribution < -0.4 is 0 Å². The van der Waals surface area contributed by atoms with E-state index in [1.54, 1.807) is 0 Å². The summed E-state index contributed by atoms with van der Waals surface area (Å²) in [6.45, 7) is 0. The Bertz CT molecular complexity index is 3230. The Morgan fingerprint density at radius 3 is 1.10 bits per heavy atom. The molecular formula is C56H36N4S. The van der Waals surface area contributed by atoms with E-state index in [4.69, 9.17) is 19.9 Å². The Balaban J connectivity index is 0.934. The highest BCUT2D eigenvalue weighted by Gasteiger charge is 2.15. The zero-order valence-corrected chi connectivity index (χ0v) is 33.8. The van der Waals surface area contributed by atoms with Crippen LogP contribution in [0.5, 0.6) is 0 Å². The highest BCUT2D eigenvalue weighted by Crippen LogP contribution is 2.40. The molecule has 0 N–H and O–H groups in total. The summed E-state index contributed by atoms with van der Waals surface area (Å²) in [7, 11) is 0. The number of aromatic nitrogens is 4. The van der Waals surface area contributed by atoms with E-state index in [1.165, 1.54) is 31.3 Å². The first-order chi connectivity index (χ1) is 30.2. The number of thiophene rings is 1. The molecule has 3 aromatic heterocycles. The first-order valence-electron chi connectivity index (χ1n) is 20.4. The zero-order chi connectivity index (χ0) is 40.5. The second kappa shape index (κ2) is 15.7. The van der Waals surface area contributed by atoms with Gasteiger partial charge in [0.05, 0.1) is 22.8 Å². The normalized spacial score (nSPS) is 11.3. The topological polar surface area (TPSA) is 51.6 Å². The standard InChI is InChI=1S/C56H36N4S/c1-5-15-37(16-6-1)49-35-51(59-55(57-49)39-19-9-3-10-20-39)45-25-13-23-41(31-45)43-28-30-53-48(33-43)47-29-27-44(34-54(47)61-53)42-24-14-26-46(32-42)52-36-50(38-17-7-2-8-18-38)58-56(60-52)40-21-11-4-12-22-40/h1-36H. The van der Waals surface area contributed by atoms with Gasteiger partial charge < -0.3 is 0 Å². The van der Waals surface area contributed by atoms with Gasteiger partial charge in [-0.05, 0) is 64.7 Å². The van der Waals surface area contributed by atoms with Crippen LogP contribution in [0.15, 0.2) is 218 Å². The van der Waals surface area contributed by atoms with Crippen molar-refractivity contribution < 1.29 is 0 Å². The number of hydrogen-bond acceptors (Lipinski definition) is 5. The summed E-state index contributed by atoms with van der Waals surface area (Å²) in [6.07, 6.45) is 0. The molecule has 61 heavy (non-hydrogen) atoms. The molecule has 0 aliphatic rings. The highest BCUT2D eigenvalue weighted by atomic mass is 32.1. The maximum atomic E-state index is 5.09. The molecule has 0 atom stereocenters. The minimum atomic E-state index is 0.711. The first kappa shape index (κ1) is 36.2. The Morgan fingerprint density at radius 2 is 0.607 bits per heavy atom. The molecule has 0 saturated carbocycles. The van der Waals surface area contributed by atoms with Gasteiger partial charge in [-0.15, -0.1) is 11.3 Å². The minimum Gasteiger partial charge on any atom is -0.228 e. The van der Waals surface area contributed by atoms with Gasteiger partial charge in [0.1, 0.15) is 0 Å². The molecule has 286 valence electrons. The summed E-state index contributed by atoms with van der Waals surface area (Å²) < 4.78 is 2.52. The van der Waals surface area contributed by atoms with Gasteiger partial charge in [0.2, 0.25) is 0 Å². The van der Waals surface area contributed by atoms with Crippen LogP contribution in [0.2, 0.25) is 0 Å². The monoisotopic (exact) mass is 796 g/mol. The molecular weight excluding hydrogens is 761 g/mol. The summed E-state index contributed by atoms with van der Waals surface area (Å²) in [5.41, 5.74) is 14.4. The lowest BCUT2D eigenvalue weighted by atomic mass is 9.98. The van der Waals surface area contributed by atoms with Crippen molar-refractivity contribution in [1.29, 1.82) is 0 Å². The first-order valence-corrected chi connectivity index (χ1v) is 21.2. The van der Waals surface area contributed by atoms with Gasteiger partial charge in [0, 0.05) is 53.6 Å². The van der Waals surface area contributed by atoms with Crippen LogP contribution in [0, 0.1) is 0 Å². The SMILES string of the molecule is c1ccc(-c2cc(-c3cccc(-c4ccc5c(c4)sc4ccc(-c6cccc(-c7cc(-c8ccccc8)nc(-c8ccccc8)n7)c6)cc45)c3)nc(-c3ccccc3)n2)cc1.